The maximum Gasteiger partial charge on any atom is 0.240 e. The molecule has 0 aromatic heterocycles. The molecule has 1 atom stereocenters. The largest absolute Gasteiger partial charge is 0.350 e. The lowest BCUT2D eigenvalue weighted by Crippen LogP contribution is -2.27. The van der Waals surface area contributed by atoms with Gasteiger partial charge in [-0.2, -0.15) is 0 Å². The summed E-state index contributed by atoms with van der Waals surface area (Å²) < 4.78 is 28.6. The Kier molecular flexibility index (Phi) is 8.61. The average molecular weight is 515 g/mol. The predicted octanol–water partition coefficient (Wildman–Crippen LogP) is 4.78. The highest BCUT2D eigenvalue weighted by Crippen LogP contribution is 2.17. The molecule has 168 valence electrons. The molecule has 5 nitrogen and oxygen atoms in total. The molecule has 3 aromatic rings. The van der Waals surface area contributed by atoms with Crippen molar-refractivity contribution in [1.82, 2.24) is 10.0 Å². The fraction of sp³-hybridized carbons (Fsp3) is 0.240. The fourth-order valence-electron chi connectivity index (χ4n) is 3.30. The van der Waals surface area contributed by atoms with Crippen LogP contribution in [0.1, 0.15) is 36.1 Å². The van der Waals surface area contributed by atoms with Crippen LogP contribution in [0.4, 0.5) is 0 Å². The molecule has 3 rings (SSSR count). The normalized spacial score (nSPS) is 12.3. The third-order valence-electron chi connectivity index (χ3n) is 5.17. The maximum atomic E-state index is 12.5. The number of sulfonamides is 1. The van der Waals surface area contributed by atoms with Gasteiger partial charge in [0.25, 0.3) is 0 Å². The Morgan fingerprint density at radius 2 is 1.50 bits per heavy atom. The van der Waals surface area contributed by atoms with Crippen molar-refractivity contribution in [2.24, 2.45) is 0 Å². The molecule has 0 aliphatic carbocycles. The van der Waals surface area contributed by atoms with Gasteiger partial charge in [-0.1, -0.05) is 70.5 Å². The van der Waals surface area contributed by atoms with Crippen LogP contribution in [0.15, 0.2) is 88.2 Å². The van der Waals surface area contributed by atoms with Gasteiger partial charge in [-0.15, -0.1) is 0 Å². The average Bonchev–Trinajstić information content (AvgIpc) is 2.79. The van der Waals surface area contributed by atoms with Gasteiger partial charge in [-0.3, -0.25) is 4.79 Å². The number of benzene rings is 3. The van der Waals surface area contributed by atoms with E-state index in [2.05, 4.69) is 26.0 Å². The van der Waals surface area contributed by atoms with E-state index in [1.807, 2.05) is 61.5 Å². The van der Waals surface area contributed by atoms with E-state index in [1.54, 1.807) is 24.3 Å². The second kappa shape index (κ2) is 11.4. The quantitative estimate of drug-likeness (QED) is 0.408. The summed E-state index contributed by atoms with van der Waals surface area (Å²) in [5.41, 5.74) is 3.04. The summed E-state index contributed by atoms with van der Waals surface area (Å²) in [6, 6.07) is 24.2. The number of hydrogen-bond donors (Lipinski definition) is 2. The first-order valence-corrected chi connectivity index (χ1v) is 12.8. The van der Waals surface area contributed by atoms with Crippen molar-refractivity contribution in [3.8, 4) is 0 Å². The number of amides is 1. The molecule has 0 fully saturated rings. The van der Waals surface area contributed by atoms with Crippen molar-refractivity contribution in [2.75, 3.05) is 6.54 Å². The Hall–Kier alpha value is -2.48. The van der Waals surface area contributed by atoms with Crippen molar-refractivity contribution in [3.63, 3.8) is 0 Å². The molecule has 0 aliphatic heterocycles. The molecule has 32 heavy (non-hydrogen) atoms. The van der Waals surface area contributed by atoms with Crippen LogP contribution in [0.5, 0.6) is 0 Å². The molecular weight excluding hydrogens is 488 g/mol. The molecule has 0 saturated heterocycles. The SMILES string of the molecule is C[C@@H](NC(=O)CCc1ccc(S(=O)(=O)NCCc2ccccc2)cc1)c1ccc(Br)cc1. The Labute approximate surface area is 198 Å². The summed E-state index contributed by atoms with van der Waals surface area (Å²) in [4.78, 5) is 12.5. The summed E-state index contributed by atoms with van der Waals surface area (Å²) in [7, 11) is -3.56. The molecule has 0 spiro atoms. The van der Waals surface area contributed by atoms with E-state index in [0.29, 0.717) is 25.8 Å². The highest BCUT2D eigenvalue weighted by Gasteiger charge is 2.14. The van der Waals surface area contributed by atoms with Crippen molar-refractivity contribution < 1.29 is 13.2 Å². The number of hydrogen-bond acceptors (Lipinski definition) is 3. The zero-order valence-electron chi connectivity index (χ0n) is 17.9. The van der Waals surface area contributed by atoms with Crippen LogP contribution in [-0.2, 0) is 27.7 Å². The molecule has 3 aromatic carbocycles. The number of carbonyl (C=O) groups excluding carboxylic acids is 1. The number of carbonyl (C=O) groups is 1. The topological polar surface area (TPSA) is 75.3 Å². The van der Waals surface area contributed by atoms with Gasteiger partial charge in [0.1, 0.15) is 0 Å². The second-order valence-corrected chi connectivity index (χ2v) is 10.3. The number of nitrogens with one attached hydrogen (secondary N) is 2. The monoisotopic (exact) mass is 514 g/mol. The standard InChI is InChI=1S/C25H27BrN2O3S/c1-19(22-10-12-23(26)13-11-22)28-25(29)16-9-21-7-14-24(15-8-21)32(30,31)27-18-17-20-5-3-2-4-6-20/h2-8,10-15,19,27H,9,16-18H2,1H3,(H,28,29)/t19-/m1/s1. The van der Waals surface area contributed by atoms with Crippen molar-refractivity contribution in [2.45, 2.75) is 37.1 Å². The molecule has 0 unspecified atom stereocenters. The molecule has 0 radical (unpaired) electrons. The molecule has 0 saturated carbocycles. The van der Waals surface area contributed by atoms with Crippen LogP contribution in [-0.4, -0.2) is 20.9 Å². The zero-order chi connectivity index (χ0) is 23.0. The third kappa shape index (κ3) is 7.29. The zero-order valence-corrected chi connectivity index (χ0v) is 20.3. The molecule has 2 N–H and O–H groups in total. The van der Waals surface area contributed by atoms with Gasteiger partial charge in [0.15, 0.2) is 0 Å². The van der Waals surface area contributed by atoms with E-state index < -0.39 is 10.0 Å². The third-order valence-corrected chi connectivity index (χ3v) is 7.18. The predicted molar refractivity (Wildman–Crippen MR) is 131 cm³/mol. The van der Waals surface area contributed by atoms with Crippen molar-refractivity contribution >= 4 is 31.9 Å². The fourth-order valence-corrected chi connectivity index (χ4v) is 4.60. The van der Waals surface area contributed by atoms with Crippen LogP contribution in [0, 0.1) is 0 Å². The van der Waals surface area contributed by atoms with E-state index in [-0.39, 0.29) is 16.8 Å². The smallest absolute Gasteiger partial charge is 0.240 e. The first kappa shape index (κ1) is 24.2. The molecule has 0 bridgehead atoms. The van der Waals surface area contributed by atoms with Gasteiger partial charge in [-0.05, 0) is 60.7 Å². The summed E-state index contributed by atoms with van der Waals surface area (Å²) >= 11 is 3.41. The van der Waals surface area contributed by atoms with E-state index >= 15 is 0 Å². The van der Waals surface area contributed by atoms with Gasteiger partial charge in [0.05, 0.1) is 10.9 Å². The lowest BCUT2D eigenvalue weighted by molar-refractivity contribution is -0.121. The summed E-state index contributed by atoms with van der Waals surface area (Å²) in [5, 5.41) is 3.00. The number of rotatable bonds is 10. The van der Waals surface area contributed by atoms with Crippen molar-refractivity contribution in [3.05, 3.63) is 100 Å². The van der Waals surface area contributed by atoms with Crippen LogP contribution in [0.2, 0.25) is 0 Å². The van der Waals surface area contributed by atoms with Gasteiger partial charge in [0.2, 0.25) is 15.9 Å². The van der Waals surface area contributed by atoms with Gasteiger partial charge < -0.3 is 5.32 Å². The highest BCUT2D eigenvalue weighted by molar-refractivity contribution is 9.10. The van der Waals surface area contributed by atoms with E-state index in [1.165, 1.54) is 0 Å². The highest BCUT2D eigenvalue weighted by atomic mass is 79.9. The van der Waals surface area contributed by atoms with E-state index in [9.17, 15) is 13.2 Å². The van der Waals surface area contributed by atoms with Crippen LogP contribution < -0.4 is 10.0 Å². The summed E-state index contributed by atoms with van der Waals surface area (Å²) in [6.45, 7) is 2.29. The first-order chi connectivity index (χ1) is 15.3. The minimum atomic E-state index is -3.56. The van der Waals surface area contributed by atoms with Crippen LogP contribution in [0.3, 0.4) is 0 Å². The molecule has 0 aliphatic rings. The minimum Gasteiger partial charge on any atom is -0.350 e. The number of aryl methyl sites for hydroxylation is 1. The van der Waals surface area contributed by atoms with E-state index in [0.717, 1.165) is 21.2 Å². The second-order valence-electron chi connectivity index (χ2n) is 7.62. The minimum absolute atomic E-state index is 0.0419. The Morgan fingerprint density at radius 1 is 0.875 bits per heavy atom. The molecule has 0 heterocycles. The van der Waals surface area contributed by atoms with E-state index in [4.69, 9.17) is 0 Å². The summed E-state index contributed by atoms with van der Waals surface area (Å²) in [6.07, 6.45) is 1.51. The Bertz CT molecular complexity index is 1120. The lowest BCUT2D eigenvalue weighted by Gasteiger charge is -2.14. The van der Waals surface area contributed by atoms with Crippen molar-refractivity contribution in [1.29, 1.82) is 0 Å². The first-order valence-electron chi connectivity index (χ1n) is 10.5. The Balaban J connectivity index is 1.47. The van der Waals surface area contributed by atoms with Crippen LogP contribution in [0.25, 0.3) is 0 Å². The van der Waals surface area contributed by atoms with Gasteiger partial charge in [0, 0.05) is 17.4 Å². The van der Waals surface area contributed by atoms with Gasteiger partial charge in [-0.25, -0.2) is 13.1 Å². The molecular formula is C25H27BrN2O3S. The number of halogens is 1. The Morgan fingerprint density at radius 3 is 2.16 bits per heavy atom. The maximum absolute atomic E-state index is 12.5. The molecule has 1 amide bonds. The summed E-state index contributed by atoms with van der Waals surface area (Å²) in [5.74, 6) is -0.0419. The van der Waals surface area contributed by atoms with Gasteiger partial charge >= 0.3 is 0 Å². The molecule has 7 heteroatoms. The lowest BCUT2D eigenvalue weighted by atomic mass is 10.1. The van der Waals surface area contributed by atoms with Crippen LogP contribution >= 0.6 is 15.9 Å².